The molecular formula is C14H16N4O2S. The Kier molecular flexibility index (Phi) is 4.54. The van der Waals surface area contributed by atoms with Gasteiger partial charge in [-0.2, -0.15) is 0 Å². The molecule has 7 heteroatoms. The van der Waals surface area contributed by atoms with Crippen molar-refractivity contribution in [1.82, 2.24) is 4.98 Å². The van der Waals surface area contributed by atoms with E-state index in [4.69, 9.17) is 0 Å². The lowest BCUT2D eigenvalue weighted by Gasteiger charge is -2.12. The fourth-order valence-corrected chi connectivity index (χ4v) is 2.28. The van der Waals surface area contributed by atoms with Crippen molar-refractivity contribution in [3.05, 3.63) is 35.3 Å². The predicted octanol–water partition coefficient (Wildman–Crippen LogP) is 2.09. The van der Waals surface area contributed by atoms with Crippen molar-refractivity contribution in [1.29, 1.82) is 0 Å². The molecular weight excluding hydrogens is 288 g/mol. The van der Waals surface area contributed by atoms with Crippen LogP contribution in [0.3, 0.4) is 0 Å². The monoisotopic (exact) mass is 304 g/mol. The molecule has 0 unspecified atom stereocenters. The SMILES string of the molecule is Cc1csc(NC(=O)C(=O)Nc2ccc(N(C)C)cc2)n1. The first-order chi connectivity index (χ1) is 9.95. The van der Waals surface area contributed by atoms with Crippen LogP contribution in [-0.4, -0.2) is 30.9 Å². The number of nitrogens with zero attached hydrogens (tertiary/aromatic N) is 2. The summed E-state index contributed by atoms with van der Waals surface area (Å²) < 4.78 is 0. The van der Waals surface area contributed by atoms with E-state index in [1.807, 2.05) is 38.1 Å². The second-order valence-electron chi connectivity index (χ2n) is 4.64. The van der Waals surface area contributed by atoms with Crippen LogP contribution in [0, 0.1) is 6.92 Å². The third kappa shape index (κ3) is 4.03. The average Bonchev–Trinajstić information content (AvgIpc) is 2.84. The standard InChI is InChI=1S/C14H16N4O2S/c1-9-8-21-14(15-9)17-13(20)12(19)16-10-4-6-11(7-5-10)18(2)3/h4-8H,1-3H3,(H,16,19)(H,15,17,20). The molecule has 2 aromatic rings. The lowest BCUT2D eigenvalue weighted by molar-refractivity contribution is -0.132. The van der Waals surface area contributed by atoms with Crippen molar-refractivity contribution in [2.24, 2.45) is 0 Å². The van der Waals surface area contributed by atoms with Gasteiger partial charge in [-0.15, -0.1) is 11.3 Å². The fraction of sp³-hybridized carbons (Fsp3) is 0.214. The number of amides is 2. The van der Waals surface area contributed by atoms with E-state index in [2.05, 4.69) is 15.6 Å². The highest BCUT2D eigenvalue weighted by molar-refractivity contribution is 7.14. The van der Waals surface area contributed by atoms with Crippen molar-refractivity contribution in [2.45, 2.75) is 6.92 Å². The smallest absolute Gasteiger partial charge is 0.315 e. The highest BCUT2D eigenvalue weighted by Crippen LogP contribution is 2.16. The van der Waals surface area contributed by atoms with Gasteiger partial charge >= 0.3 is 11.8 Å². The molecule has 0 aliphatic carbocycles. The Morgan fingerprint density at radius 2 is 1.71 bits per heavy atom. The van der Waals surface area contributed by atoms with E-state index in [0.29, 0.717) is 10.8 Å². The van der Waals surface area contributed by atoms with Crippen molar-refractivity contribution < 1.29 is 9.59 Å². The summed E-state index contributed by atoms with van der Waals surface area (Å²) >= 11 is 1.28. The van der Waals surface area contributed by atoms with Crippen LogP contribution >= 0.6 is 11.3 Å². The molecule has 0 radical (unpaired) electrons. The van der Waals surface area contributed by atoms with E-state index < -0.39 is 11.8 Å². The van der Waals surface area contributed by atoms with Gasteiger partial charge in [-0.3, -0.25) is 14.9 Å². The molecule has 0 atom stereocenters. The van der Waals surface area contributed by atoms with Gasteiger partial charge in [-0.05, 0) is 31.2 Å². The predicted molar refractivity (Wildman–Crippen MR) is 84.9 cm³/mol. The summed E-state index contributed by atoms with van der Waals surface area (Å²) in [6, 6.07) is 7.21. The molecule has 0 saturated carbocycles. The number of hydrogen-bond donors (Lipinski definition) is 2. The first kappa shape index (κ1) is 15.0. The number of carbonyl (C=O) groups is 2. The zero-order valence-corrected chi connectivity index (χ0v) is 12.8. The van der Waals surface area contributed by atoms with Crippen LogP contribution in [0.2, 0.25) is 0 Å². The topological polar surface area (TPSA) is 74.3 Å². The number of hydrogen-bond acceptors (Lipinski definition) is 5. The minimum Gasteiger partial charge on any atom is -0.378 e. The normalized spacial score (nSPS) is 10.0. The maximum absolute atomic E-state index is 11.8. The fourth-order valence-electron chi connectivity index (χ4n) is 1.60. The molecule has 2 amide bonds. The summed E-state index contributed by atoms with van der Waals surface area (Å²) in [6.07, 6.45) is 0. The van der Waals surface area contributed by atoms with Crippen LogP contribution in [0.25, 0.3) is 0 Å². The quantitative estimate of drug-likeness (QED) is 0.852. The number of benzene rings is 1. The summed E-state index contributed by atoms with van der Waals surface area (Å²) in [5.74, 6) is -1.46. The zero-order valence-electron chi connectivity index (χ0n) is 12.0. The third-order valence-electron chi connectivity index (χ3n) is 2.69. The Balaban J connectivity index is 1.95. The summed E-state index contributed by atoms with van der Waals surface area (Å²) in [6.45, 7) is 1.82. The highest BCUT2D eigenvalue weighted by Gasteiger charge is 2.15. The van der Waals surface area contributed by atoms with Gasteiger partial charge in [0, 0.05) is 30.9 Å². The van der Waals surface area contributed by atoms with Crippen molar-refractivity contribution >= 4 is 39.7 Å². The van der Waals surface area contributed by atoms with E-state index >= 15 is 0 Å². The summed E-state index contributed by atoms with van der Waals surface area (Å²) in [5, 5.41) is 7.21. The van der Waals surface area contributed by atoms with Crippen LogP contribution < -0.4 is 15.5 Å². The lowest BCUT2D eigenvalue weighted by Crippen LogP contribution is -2.29. The van der Waals surface area contributed by atoms with E-state index in [1.54, 1.807) is 17.5 Å². The second kappa shape index (κ2) is 6.36. The van der Waals surface area contributed by atoms with E-state index in [1.165, 1.54) is 11.3 Å². The summed E-state index contributed by atoms with van der Waals surface area (Å²) in [4.78, 5) is 29.5. The molecule has 0 spiro atoms. The van der Waals surface area contributed by atoms with E-state index in [0.717, 1.165) is 11.4 Å². The molecule has 1 aromatic heterocycles. The minimum absolute atomic E-state index is 0.413. The van der Waals surface area contributed by atoms with Gasteiger partial charge in [0.1, 0.15) is 0 Å². The molecule has 2 N–H and O–H groups in total. The third-order valence-corrected chi connectivity index (χ3v) is 3.56. The van der Waals surface area contributed by atoms with Gasteiger partial charge in [0.2, 0.25) is 0 Å². The lowest BCUT2D eigenvalue weighted by atomic mass is 10.2. The van der Waals surface area contributed by atoms with Gasteiger partial charge in [0.05, 0.1) is 5.69 Å². The zero-order chi connectivity index (χ0) is 15.4. The molecule has 0 saturated heterocycles. The molecule has 21 heavy (non-hydrogen) atoms. The van der Waals surface area contributed by atoms with Crippen LogP contribution in [0.4, 0.5) is 16.5 Å². The van der Waals surface area contributed by atoms with E-state index in [9.17, 15) is 9.59 Å². The Labute approximate surface area is 126 Å². The second-order valence-corrected chi connectivity index (χ2v) is 5.50. The Bertz CT molecular complexity index is 649. The number of carbonyl (C=O) groups excluding carboxylic acids is 2. The number of rotatable bonds is 3. The van der Waals surface area contributed by atoms with Crippen molar-refractivity contribution in [3.63, 3.8) is 0 Å². The van der Waals surface area contributed by atoms with Gasteiger partial charge in [-0.25, -0.2) is 4.98 Å². The van der Waals surface area contributed by atoms with Gasteiger partial charge < -0.3 is 10.2 Å². The first-order valence-electron chi connectivity index (χ1n) is 6.27. The van der Waals surface area contributed by atoms with Crippen LogP contribution in [0.5, 0.6) is 0 Å². The first-order valence-corrected chi connectivity index (χ1v) is 7.15. The minimum atomic E-state index is -0.735. The van der Waals surface area contributed by atoms with Crippen LogP contribution in [0.15, 0.2) is 29.6 Å². The molecule has 0 bridgehead atoms. The summed E-state index contributed by atoms with van der Waals surface area (Å²) in [7, 11) is 3.86. The highest BCUT2D eigenvalue weighted by atomic mass is 32.1. The van der Waals surface area contributed by atoms with Gasteiger partial charge in [0.15, 0.2) is 5.13 Å². The van der Waals surface area contributed by atoms with E-state index in [-0.39, 0.29) is 0 Å². The number of thiazole rings is 1. The average molecular weight is 304 g/mol. The molecule has 0 aliphatic rings. The van der Waals surface area contributed by atoms with Gasteiger partial charge in [0.25, 0.3) is 0 Å². The number of nitrogens with one attached hydrogen (secondary N) is 2. The van der Waals surface area contributed by atoms with Crippen molar-refractivity contribution in [2.75, 3.05) is 29.6 Å². The number of aryl methyl sites for hydroxylation is 1. The Morgan fingerprint density at radius 3 is 2.24 bits per heavy atom. The van der Waals surface area contributed by atoms with Crippen molar-refractivity contribution in [3.8, 4) is 0 Å². The number of anilines is 3. The summed E-state index contributed by atoms with van der Waals surface area (Å²) in [5.41, 5.74) is 2.38. The molecule has 0 aliphatic heterocycles. The maximum atomic E-state index is 11.8. The van der Waals surface area contributed by atoms with Crippen LogP contribution in [-0.2, 0) is 9.59 Å². The molecule has 1 heterocycles. The maximum Gasteiger partial charge on any atom is 0.315 e. The Morgan fingerprint density at radius 1 is 1.10 bits per heavy atom. The molecule has 0 fully saturated rings. The Hall–Kier alpha value is -2.41. The largest absolute Gasteiger partial charge is 0.378 e. The number of aromatic nitrogens is 1. The molecule has 2 rings (SSSR count). The molecule has 1 aromatic carbocycles. The molecule has 6 nitrogen and oxygen atoms in total. The van der Waals surface area contributed by atoms with Crippen LogP contribution in [0.1, 0.15) is 5.69 Å². The van der Waals surface area contributed by atoms with Gasteiger partial charge in [-0.1, -0.05) is 0 Å². The molecule has 110 valence electrons.